The number of rotatable bonds is 3. The van der Waals surface area contributed by atoms with Gasteiger partial charge in [-0.3, -0.25) is 5.73 Å². The van der Waals surface area contributed by atoms with E-state index >= 15 is 0 Å². The molecule has 0 bridgehead atoms. The maximum atomic E-state index is 7.63. The molecule has 2 N–H and O–H groups in total. The van der Waals surface area contributed by atoms with Crippen LogP contribution in [0.3, 0.4) is 0 Å². The van der Waals surface area contributed by atoms with Crippen molar-refractivity contribution in [1.29, 1.82) is 0 Å². The van der Waals surface area contributed by atoms with Crippen molar-refractivity contribution in [2.45, 2.75) is 44.3 Å². The van der Waals surface area contributed by atoms with E-state index in [0.29, 0.717) is 6.04 Å². The molecule has 1 aliphatic rings. The molecular weight excluding hydrogens is 184 g/mol. The third kappa shape index (κ3) is 3.33. The molecule has 0 spiro atoms. The first-order valence-corrected chi connectivity index (χ1v) is 5.83. The summed E-state index contributed by atoms with van der Waals surface area (Å²) in [5, 5.41) is 3.58. The average Bonchev–Trinajstić information content (AvgIpc) is 2.30. The van der Waals surface area contributed by atoms with Crippen molar-refractivity contribution in [3.05, 3.63) is 35.9 Å². The molecule has 2 rings (SSSR count). The number of benzene rings is 1. The lowest BCUT2D eigenvalue weighted by Crippen LogP contribution is -2.34. The van der Waals surface area contributed by atoms with Crippen molar-refractivity contribution in [2.24, 2.45) is 0 Å². The molecule has 1 aromatic carbocycles. The summed E-state index contributed by atoms with van der Waals surface area (Å²) < 4.78 is 0. The van der Waals surface area contributed by atoms with Crippen LogP contribution in [0.5, 0.6) is 0 Å². The molecule has 1 aromatic rings. The topological polar surface area (TPSA) is 35.8 Å². The molecule has 2 nitrogen and oxygen atoms in total. The zero-order chi connectivity index (χ0) is 10.5. The lowest BCUT2D eigenvalue weighted by atomic mass is 9.92. The first-order chi connectivity index (χ1) is 7.34. The third-order valence-electron chi connectivity index (χ3n) is 3.16. The Labute approximate surface area is 91.9 Å². The molecule has 1 fully saturated rings. The van der Waals surface area contributed by atoms with E-state index in [1.54, 1.807) is 0 Å². The van der Waals surface area contributed by atoms with Gasteiger partial charge in [-0.2, -0.15) is 0 Å². The number of hydrogen-bond donors (Lipinski definition) is 1. The second kappa shape index (κ2) is 5.29. The van der Waals surface area contributed by atoms with Crippen LogP contribution in [-0.4, -0.2) is 12.1 Å². The van der Waals surface area contributed by atoms with Crippen LogP contribution in [0.25, 0.3) is 0 Å². The molecule has 1 aliphatic carbocycles. The maximum absolute atomic E-state index is 7.63. The molecule has 2 heteroatoms. The Morgan fingerprint density at radius 3 is 2.40 bits per heavy atom. The maximum Gasteiger partial charge on any atom is 0.0214 e. The fraction of sp³-hybridized carbons (Fsp3) is 0.538. The third-order valence-corrected chi connectivity index (χ3v) is 3.16. The highest BCUT2D eigenvalue weighted by Crippen LogP contribution is 2.18. The molecule has 1 saturated carbocycles. The van der Waals surface area contributed by atoms with Crippen molar-refractivity contribution in [3.8, 4) is 0 Å². The quantitative estimate of drug-likeness (QED) is 0.804. The van der Waals surface area contributed by atoms with Gasteiger partial charge in [-0.15, -0.1) is 0 Å². The van der Waals surface area contributed by atoms with Gasteiger partial charge in [0.1, 0.15) is 0 Å². The fourth-order valence-electron chi connectivity index (χ4n) is 2.16. The van der Waals surface area contributed by atoms with E-state index < -0.39 is 0 Å². The van der Waals surface area contributed by atoms with E-state index in [1.807, 2.05) is 0 Å². The summed E-state index contributed by atoms with van der Waals surface area (Å²) in [6.45, 7) is 0.966. The minimum absolute atomic E-state index is 0.194. The van der Waals surface area contributed by atoms with Crippen LogP contribution in [0.1, 0.15) is 31.2 Å². The Bertz CT molecular complexity index is 276. The summed E-state index contributed by atoms with van der Waals surface area (Å²) in [6, 6.07) is 11.3. The predicted molar refractivity (Wildman–Crippen MR) is 62.4 cm³/mol. The van der Waals surface area contributed by atoms with Crippen LogP contribution in [0.2, 0.25) is 0 Å². The average molecular weight is 203 g/mol. The smallest absolute Gasteiger partial charge is 0.0214 e. The second-order valence-corrected chi connectivity index (χ2v) is 4.42. The van der Waals surface area contributed by atoms with Crippen LogP contribution in [0.4, 0.5) is 0 Å². The van der Waals surface area contributed by atoms with Crippen LogP contribution >= 0.6 is 0 Å². The van der Waals surface area contributed by atoms with E-state index in [1.165, 1.54) is 18.4 Å². The largest absolute Gasteiger partial charge is 0.310 e. The van der Waals surface area contributed by atoms with E-state index in [9.17, 15) is 0 Å². The molecule has 0 saturated heterocycles. The molecule has 0 aromatic heterocycles. The van der Waals surface area contributed by atoms with Crippen LogP contribution in [-0.2, 0) is 6.54 Å². The SMILES string of the molecule is [NH][C@H]1CC[C@H](NCc2ccccc2)CC1. The highest BCUT2D eigenvalue weighted by atomic mass is 14.9. The fourth-order valence-corrected chi connectivity index (χ4v) is 2.16. The van der Waals surface area contributed by atoms with Crippen LogP contribution in [0.15, 0.2) is 30.3 Å². The van der Waals surface area contributed by atoms with E-state index in [0.717, 1.165) is 19.4 Å². The van der Waals surface area contributed by atoms with Gasteiger partial charge < -0.3 is 5.32 Å². The van der Waals surface area contributed by atoms with E-state index in [4.69, 9.17) is 5.73 Å². The predicted octanol–water partition coefficient (Wildman–Crippen LogP) is 2.37. The zero-order valence-electron chi connectivity index (χ0n) is 9.08. The molecular formula is C13H19N2. The number of hydrogen-bond acceptors (Lipinski definition) is 1. The summed E-state index contributed by atoms with van der Waals surface area (Å²) in [7, 11) is 0. The second-order valence-electron chi connectivity index (χ2n) is 4.42. The van der Waals surface area contributed by atoms with Gasteiger partial charge in [0.25, 0.3) is 0 Å². The Morgan fingerprint density at radius 2 is 1.73 bits per heavy atom. The summed E-state index contributed by atoms with van der Waals surface area (Å²) in [5.41, 5.74) is 8.98. The van der Waals surface area contributed by atoms with Gasteiger partial charge in [0.2, 0.25) is 0 Å². The summed E-state index contributed by atoms with van der Waals surface area (Å²) in [4.78, 5) is 0. The van der Waals surface area contributed by atoms with Gasteiger partial charge in [0.15, 0.2) is 0 Å². The summed E-state index contributed by atoms with van der Waals surface area (Å²) in [6.07, 6.45) is 4.46. The van der Waals surface area contributed by atoms with Gasteiger partial charge >= 0.3 is 0 Å². The minimum atomic E-state index is 0.194. The molecule has 1 radical (unpaired) electrons. The lowest BCUT2D eigenvalue weighted by Gasteiger charge is -2.26. The van der Waals surface area contributed by atoms with E-state index in [-0.39, 0.29) is 6.04 Å². The molecule has 0 atom stereocenters. The molecule has 0 amide bonds. The van der Waals surface area contributed by atoms with Gasteiger partial charge in [-0.1, -0.05) is 30.3 Å². The Kier molecular flexibility index (Phi) is 3.75. The summed E-state index contributed by atoms with van der Waals surface area (Å²) in [5.74, 6) is 0. The molecule has 81 valence electrons. The van der Waals surface area contributed by atoms with Gasteiger partial charge in [-0.25, -0.2) is 0 Å². The monoisotopic (exact) mass is 203 g/mol. The van der Waals surface area contributed by atoms with Gasteiger partial charge in [0.05, 0.1) is 0 Å². The molecule has 0 unspecified atom stereocenters. The van der Waals surface area contributed by atoms with E-state index in [2.05, 4.69) is 35.6 Å². The Balaban J connectivity index is 1.74. The normalized spacial score (nSPS) is 26.5. The van der Waals surface area contributed by atoms with Crippen LogP contribution < -0.4 is 11.1 Å². The zero-order valence-corrected chi connectivity index (χ0v) is 9.08. The van der Waals surface area contributed by atoms with Crippen LogP contribution in [0, 0.1) is 0 Å². The summed E-state index contributed by atoms with van der Waals surface area (Å²) >= 11 is 0. The molecule has 0 heterocycles. The van der Waals surface area contributed by atoms with Crippen molar-refractivity contribution < 1.29 is 0 Å². The standard InChI is InChI=1S/C13H19N2/c14-12-6-8-13(9-7-12)15-10-11-4-2-1-3-5-11/h1-5,12-15H,6-10H2/t12-,13-. The Hall–Kier alpha value is -0.860. The minimum Gasteiger partial charge on any atom is -0.310 e. The first kappa shape index (κ1) is 10.7. The van der Waals surface area contributed by atoms with Crippen molar-refractivity contribution in [3.63, 3.8) is 0 Å². The molecule has 15 heavy (non-hydrogen) atoms. The first-order valence-electron chi connectivity index (χ1n) is 5.83. The lowest BCUT2D eigenvalue weighted by molar-refractivity contribution is 0.337. The van der Waals surface area contributed by atoms with Crippen molar-refractivity contribution >= 4 is 0 Å². The number of nitrogens with one attached hydrogen (secondary N) is 2. The van der Waals surface area contributed by atoms with Gasteiger partial charge in [0, 0.05) is 18.6 Å². The highest BCUT2D eigenvalue weighted by Gasteiger charge is 2.17. The van der Waals surface area contributed by atoms with Crippen molar-refractivity contribution in [2.75, 3.05) is 0 Å². The van der Waals surface area contributed by atoms with Crippen molar-refractivity contribution in [1.82, 2.24) is 11.1 Å². The van der Waals surface area contributed by atoms with Gasteiger partial charge in [-0.05, 0) is 31.2 Å². The molecule has 0 aliphatic heterocycles. The Morgan fingerprint density at radius 1 is 1.07 bits per heavy atom. The highest BCUT2D eigenvalue weighted by molar-refractivity contribution is 5.14.